The molecule has 1 aromatic rings. The number of hydrogen-bond acceptors (Lipinski definition) is 2. The lowest BCUT2D eigenvalue weighted by Gasteiger charge is -2.05. The summed E-state index contributed by atoms with van der Waals surface area (Å²) in [5.74, 6) is -1.01. The van der Waals surface area contributed by atoms with Crippen molar-refractivity contribution in [3.8, 4) is 0 Å². The van der Waals surface area contributed by atoms with Crippen molar-refractivity contribution in [1.29, 1.82) is 0 Å². The van der Waals surface area contributed by atoms with Crippen molar-refractivity contribution in [1.82, 2.24) is 5.32 Å². The second kappa shape index (κ2) is 7.58. The molecule has 0 unspecified atom stereocenters. The summed E-state index contributed by atoms with van der Waals surface area (Å²) in [6.45, 7) is 0.468. The number of carboxylic acid groups (broad SMARTS) is 1. The summed E-state index contributed by atoms with van der Waals surface area (Å²) in [4.78, 5) is 22.0. The molecule has 0 bridgehead atoms. The predicted molar refractivity (Wildman–Crippen MR) is 78.0 cm³/mol. The van der Waals surface area contributed by atoms with Crippen LogP contribution in [0.2, 0.25) is 5.02 Å². The van der Waals surface area contributed by atoms with Crippen molar-refractivity contribution >= 4 is 46.1 Å². The van der Waals surface area contributed by atoms with Gasteiger partial charge in [0.25, 0.3) is 5.91 Å². The molecule has 0 aliphatic carbocycles. The van der Waals surface area contributed by atoms with Gasteiger partial charge in [-0.05, 0) is 53.6 Å². The second-order valence-corrected chi connectivity index (χ2v) is 5.31. The maximum Gasteiger partial charge on any atom is 0.303 e. The molecule has 0 aromatic heterocycles. The van der Waals surface area contributed by atoms with Crippen LogP contribution in [0, 0.1) is 3.57 Å². The molecule has 0 saturated heterocycles. The Labute approximate surface area is 124 Å². The molecular formula is C12H13ClINO3. The van der Waals surface area contributed by atoms with Crippen LogP contribution in [0.15, 0.2) is 18.2 Å². The first-order valence-electron chi connectivity index (χ1n) is 5.45. The molecule has 0 saturated carbocycles. The summed E-state index contributed by atoms with van der Waals surface area (Å²) in [5, 5.41) is 11.7. The molecule has 2 N–H and O–H groups in total. The summed E-state index contributed by atoms with van der Waals surface area (Å²) in [7, 11) is 0. The zero-order valence-electron chi connectivity index (χ0n) is 9.58. The number of carbonyl (C=O) groups is 2. The van der Waals surface area contributed by atoms with Gasteiger partial charge in [-0.2, -0.15) is 0 Å². The lowest BCUT2D eigenvalue weighted by atomic mass is 10.2. The molecule has 0 aliphatic rings. The van der Waals surface area contributed by atoms with Gasteiger partial charge in [-0.1, -0.05) is 11.6 Å². The van der Waals surface area contributed by atoms with Crippen molar-refractivity contribution in [3.63, 3.8) is 0 Å². The van der Waals surface area contributed by atoms with Gasteiger partial charge in [0.15, 0.2) is 0 Å². The fraction of sp³-hybridized carbons (Fsp3) is 0.333. The minimum Gasteiger partial charge on any atom is -0.481 e. The minimum absolute atomic E-state index is 0.130. The Morgan fingerprint density at radius 2 is 2.06 bits per heavy atom. The smallest absolute Gasteiger partial charge is 0.303 e. The lowest BCUT2D eigenvalue weighted by Crippen LogP contribution is -2.24. The predicted octanol–water partition coefficient (Wildman–Crippen LogP) is 2.93. The quantitative estimate of drug-likeness (QED) is 0.588. The van der Waals surface area contributed by atoms with Crippen LogP contribution in [0.1, 0.15) is 29.6 Å². The average molecular weight is 382 g/mol. The van der Waals surface area contributed by atoms with Gasteiger partial charge >= 0.3 is 5.97 Å². The van der Waals surface area contributed by atoms with Crippen LogP contribution in [-0.4, -0.2) is 23.5 Å². The Hall–Kier alpha value is -0.820. The van der Waals surface area contributed by atoms with Gasteiger partial charge in [0.05, 0.1) is 5.02 Å². The first-order valence-corrected chi connectivity index (χ1v) is 6.91. The Bertz CT molecular complexity index is 451. The highest BCUT2D eigenvalue weighted by molar-refractivity contribution is 14.1. The zero-order chi connectivity index (χ0) is 13.5. The van der Waals surface area contributed by atoms with Gasteiger partial charge in [-0.3, -0.25) is 9.59 Å². The SMILES string of the molecule is O=C(O)CCCCNC(=O)c1ccc(I)c(Cl)c1. The summed E-state index contributed by atoms with van der Waals surface area (Å²) < 4.78 is 0.896. The molecule has 0 heterocycles. The van der Waals surface area contributed by atoms with Gasteiger partial charge in [0.2, 0.25) is 0 Å². The molecule has 0 atom stereocenters. The van der Waals surface area contributed by atoms with Gasteiger partial charge in [-0.15, -0.1) is 0 Å². The molecule has 0 radical (unpaired) electrons. The summed E-state index contributed by atoms with van der Waals surface area (Å²) >= 11 is 8.01. The van der Waals surface area contributed by atoms with Crippen molar-refractivity contribution in [2.45, 2.75) is 19.3 Å². The third kappa shape index (κ3) is 5.22. The van der Waals surface area contributed by atoms with Crippen molar-refractivity contribution in [3.05, 3.63) is 32.4 Å². The highest BCUT2D eigenvalue weighted by Crippen LogP contribution is 2.19. The number of carboxylic acids is 1. The summed E-state index contributed by atoms with van der Waals surface area (Å²) in [6.07, 6.45) is 1.34. The third-order valence-corrected chi connectivity index (χ3v) is 3.86. The van der Waals surface area contributed by atoms with Gasteiger partial charge in [-0.25, -0.2) is 0 Å². The first kappa shape index (κ1) is 15.2. The number of rotatable bonds is 6. The topological polar surface area (TPSA) is 66.4 Å². The van der Waals surface area contributed by atoms with E-state index in [1.807, 2.05) is 0 Å². The summed E-state index contributed by atoms with van der Waals surface area (Å²) in [5.41, 5.74) is 0.513. The molecule has 1 rings (SSSR count). The van der Waals surface area contributed by atoms with Crippen LogP contribution in [0.3, 0.4) is 0 Å². The van der Waals surface area contributed by atoms with Crippen LogP contribution >= 0.6 is 34.2 Å². The molecule has 98 valence electrons. The fourth-order valence-electron chi connectivity index (χ4n) is 1.34. The zero-order valence-corrected chi connectivity index (χ0v) is 12.5. The average Bonchev–Trinajstić information content (AvgIpc) is 2.31. The highest BCUT2D eigenvalue weighted by atomic mass is 127. The van der Waals surface area contributed by atoms with E-state index in [9.17, 15) is 9.59 Å². The normalized spacial score (nSPS) is 10.1. The minimum atomic E-state index is -0.814. The molecule has 0 fully saturated rings. The lowest BCUT2D eigenvalue weighted by molar-refractivity contribution is -0.137. The number of benzene rings is 1. The number of unbranched alkanes of at least 4 members (excludes halogenated alkanes) is 1. The number of carbonyl (C=O) groups excluding carboxylic acids is 1. The number of nitrogens with one attached hydrogen (secondary N) is 1. The van der Waals surface area contributed by atoms with Gasteiger partial charge < -0.3 is 10.4 Å². The largest absolute Gasteiger partial charge is 0.481 e. The second-order valence-electron chi connectivity index (χ2n) is 3.74. The number of amides is 1. The van der Waals surface area contributed by atoms with E-state index in [1.54, 1.807) is 18.2 Å². The molecule has 4 nitrogen and oxygen atoms in total. The van der Waals surface area contributed by atoms with E-state index in [0.717, 1.165) is 3.57 Å². The maximum atomic E-state index is 11.7. The molecule has 18 heavy (non-hydrogen) atoms. The Morgan fingerprint density at radius 1 is 1.33 bits per heavy atom. The Kier molecular flexibility index (Phi) is 6.42. The fourth-order valence-corrected chi connectivity index (χ4v) is 1.86. The standard InChI is InChI=1S/C12H13ClINO3/c13-9-7-8(4-5-10(9)14)12(18)15-6-2-1-3-11(16)17/h4-5,7H,1-3,6H2,(H,15,18)(H,16,17). The monoisotopic (exact) mass is 381 g/mol. The molecular weight excluding hydrogens is 368 g/mol. The first-order chi connectivity index (χ1) is 8.50. The van der Waals surface area contributed by atoms with Crippen LogP contribution in [0.4, 0.5) is 0 Å². The summed E-state index contributed by atoms with van der Waals surface area (Å²) in [6, 6.07) is 5.11. The van der Waals surface area contributed by atoms with E-state index in [1.165, 1.54) is 0 Å². The molecule has 6 heteroatoms. The number of halogens is 2. The van der Waals surface area contributed by atoms with E-state index in [2.05, 4.69) is 27.9 Å². The van der Waals surface area contributed by atoms with E-state index in [4.69, 9.17) is 16.7 Å². The Balaban J connectivity index is 2.36. The molecule has 1 aromatic carbocycles. The highest BCUT2D eigenvalue weighted by Gasteiger charge is 2.07. The van der Waals surface area contributed by atoms with E-state index in [-0.39, 0.29) is 12.3 Å². The van der Waals surface area contributed by atoms with Gasteiger partial charge in [0.1, 0.15) is 0 Å². The van der Waals surface area contributed by atoms with Crippen molar-refractivity contribution < 1.29 is 14.7 Å². The van der Waals surface area contributed by atoms with Crippen molar-refractivity contribution in [2.75, 3.05) is 6.54 Å². The van der Waals surface area contributed by atoms with E-state index in [0.29, 0.717) is 30.0 Å². The van der Waals surface area contributed by atoms with Crippen LogP contribution in [0.25, 0.3) is 0 Å². The van der Waals surface area contributed by atoms with Crippen LogP contribution in [0.5, 0.6) is 0 Å². The van der Waals surface area contributed by atoms with E-state index < -0.39 is 5.97 Å². The number of aliphatic carboxylic acids is 1. The maximum absolute atomic E-state index is 11.7. The molecule has 1 amide bonds. The van der Waals surface area contributed by atoms with Crippen LogP contribution in [-0.2, 0) is 4.79 Å². The Morgan fingerprint density at radius 3 is 2.67 bits per heavy atom. The van der Waals surface area contributed by atoms with Crippen molar-refractivity contribution in [2.24, 2.45) is 0 Å². The van der Waals surface area contributed by atoms with Gasteiger partial charge in [0, 0.05) is 22.1 Å². The van der Waals surface area contributed by atoms with E-state index >= 15 is 0 Å². The molecule has 0 aliphatic heterocycles. The number of hydrogen-bond donors (Lipinski definition) is 2. The molecule has 0 spiro atoms. The van der Waals surface area contributed by atoms with Crippen LogP contribution < -0.4 is 5.32 Å². The third-order valence-electron chi connectivity index (χ3n) is 2.28.